The zero-order chi connectivity index (χ0) is 18.8. The molecule has 1 aliphatic carbocycles. The van der Waals surface area contributed by atoms with Gasteiger partial charge in [-0.1, -0.05) is 65.7 Å². The molecule has 0 spiro atoms. The van der Waals surface area contributed by atoms with E-state index in [0.717, 1.165) is 25.5 Å². The molecule has 3 atom stereocenters. The van der Waals surface area contributed by atoms with Gasteiger partial charge >= 0.3 is 0 Å². The summed E-state index contributed by atoms with van der Waals surface area (Å²) in [6.07, 6.45) is 3.47. The average Bonchev–Trinajstić information content (AvgIpc) is 2.91. The highest BCUT2D eigenvalue weighted by Gasteiger charge is 2.29. The van der Waals surface area contributed by atoms with Gasteiger partial charge in [-0.3, -0.25) is 0 Å². The summed E-state index contributed by atoms with van der Waals surface area (Å²) in [7, 11) is 0.984. The lowest BCUT2D eigenvalue weighted by Gasteiger charge is -2.42. The van der Waals surface area contributed by atoms with Gasteiger partial charge in [0, 0.05) is 16.7 Å². The normalized spacial score (nSPS) is 29.0. The van der Waals surface area contributed by atoms with Gasteiger partial charge < -0.3 is 9.84 Å². The molecule has 2 nitrogen and oxygen atoms in total. The van der Waals surface area contributed by atoms with Crippen LogP contribution in [0.15, 0.2) is 52.7 Å². The first-order chi connectivity index (χ1) is 12.4. The van der Waals surface area contributed by atoms with Crippen molar-refractivity contribution in [3.8, 4) is 0 Å². The predicted octanol–water partition coefficient (Wildman–Crippen LogP) is 5.51. The van der Waals surface area contributed by atoms with E-state index in [1.165, 1.54) is 29.3 Å². The topological polar surface area (TPSA) is 32.3 Å². The van der Waals surface area contributed by atoms with Crippen LogP contribution in [-0.2, 0) is 4.74 Å². The maximum Gasteiger partial charge on any atom is 0.0640 e. The smallest absolute Gasteiger partial charge is 0.0640 e. The standard InChI is InChI=1S/C23H31O2P/c1-14(2)19-12-11-15(3)13-20(19)25-23(24)22-17(5)16(4)21(26-22)18-9-7-6-8-10-18/h6-10,14-15,19-20,24H,11-13H2,1-5H3/p-1/t15-,19+,20-/m1/s1. The Morgan fingerprint density at radius 3 is 2.46 bits per heavy atom. The molecule has 1 aliphatic heterocycles. The molecule has 140 valence electrons. The summed E-state index contributed by atoms with van der Waals surface area (Å²) in [5, 5.41) is 15.1. The monoisotopic (exact) mass is 369 g/mol. The molecule has 0 saturated heterocycles. The summed E-state index contributed by atoms with van der Waals surface area (Å²) in [5.41, 5.74) is 3.49. The number of hydrogen-bond acceptors (Lipinski definition) is 2. The number of ether oxygens (including phenoxy) is 1. The van der Waals surface area contributed by atoms with Crippen LogP contribution in [0, 0.1) is 17.8 Å². The molecule has 1 saturated carbocycles. The Balaban J connectivity index is 1.88. The van der Waals surface area contributed by atoms with E-state index >= 15 is 0 Å². The van der Waals surface area contributed by atoms with Crippen LogP contribution in [0.1, 0.15) is 59.4 Å². The first-order valence-electron chi connectivity index (χ1n) is 9.78. The minimum Gasteiger partial charge on any atom is -0.609 e. The van der Waals surface area contributed by atoms with Gasteiger partial charge in [-0.2, -0.15) is 0 Å². The van der Waals surface area contributed by atoms with Crippen molar-refractivity contribution >= 4 is 13.5 Å². The van der Waals surface area contributed by atoms with E-state index in [1.54, 1.807) is 0 Å². The molecular weight excluding hydrogens is 339 g/mol. The highest BCUT2D eigenvalue weighted by Crippen LogP contribution is 2.41. The molecule has 3 rings (SSSR count). The van der Waals surface area contributed by atoms with Gasteiger partial charge in [-0.05, 0) is 61.2 Å². The summed E-state index contributed by atoms with van der Waals surface area (Å²) in [6.45, 7) is 10.9. The average molecular weight is 369 g/mol. The van der Waals surface area contributed by atoms with Gasteiger partial charge in [0.25, 0.3) is 0 Å². The number of hydrogen-bond donors (Lipinski definition) is 0. The number of rotatable bonds is 4. The summed E-state index contributed by atoms with van der Waals surface area (Å²) < 4.78 is 6.09. The minimum atomic E-state index is -0.112. The Morgan fingerprint density at radius 1 is 1.12 bits per heavy atom. The molecule has 26 heavy (non-hydrogen) atoms. The maximum absolute atomic E-state index is 13.0. The fourth-order valence-electron chi connectivity index (χ4n) is 4.15. The van der Waals surface area contributed by atoms with Crippen LogP contribution in [0.3, 0.4) is 0 Å². The zero-order valence-corrected chi connectivity index (χ0v) is 17.5. The maximum atomic E-state index is 13.0. The number of benzene rings is 1. The van der Waals surface area contributed by atoms with Crippen LogP contribution in [0.5, 0.6) is 0 Å². The van der Waals surface area contributed by atoms with Gasteiger partial charge in [0.15, 0.2) is 0 Å². The van der Waals surface area contributed by atoms with Crippen LogP contribution >= 0.6 is 8.20 Å². The second kappa shape index (κ2) is 8.01. The first kappa shape index (κ1) is 19.2. The van der Waals surface area contributed by atoms with E-state index in [1.807, 2.05) is 18.2 Å². The predicted molar refractivity (Wildman–Crippen MR) is 109 cm³/mol. The zero-order valence-electron chi connectivity index (χ0n) is 16.6. The first-order valence-corrected chi connectivity index (χ1v) is 10.7. The second-order valence-corrected chi connectivity index (χ2v) is 9.31. The van der Waals surface area contributed by atoms with Crippen molar-refractivity contribution in [3.63, 3.8) is 0 Å². The largest absolute Gasteiger partial charge is 0.609 e. The fraction of sp³-hybridized carbons (Fsp3) is 0.522. The Kier molecular flexibility index (Phi) is 5.92. The molecule has 2 aliphatic rings. The van der Waals surface area contributed by atoms with Crippen LogP contribution in [-0.4, -0.2) is 11.4 Å². The van der Waals surface area contributed by atoms with Crippen molar-refractivity contribution < 1.29 is 9.84 Å². The summed E-state index contributed by atoms with van der Waals surface area (Å²) >= 11 is 0. The lowest BCUT2D eigenvalue weighted by molar-refractivity contribution is -0.367. The molecule has 0 aromatic heterocycles. The third kappa shape index (κ3) is 3.91. The van der Waals surface area contributed by atoms with Crippen LogP contribution < -0.4 is 5.11 Å². The quantitative estimate of drug-likeness (QED) is 0.518. The van der Waals surface area contributed by atoms with Gasteiger partial charge in [0.1, 0.15) is 0 Å². The molecule has 0 N–H and O–H groups in total. The number of allylic oxidation sites excluding steroid dienone is 3. The highest BCUT2D eigenvalue weighted by molar-refractivity contribution is 7.48. The lowest BCUT2D eigenvalue weighted by atomic mass is 9.75. The summed E-state index contributed by atoms with van der Waals surface area (Å²) in [5.74, 6) is 1.56. The molecular formula is C23H30O2P-. The fourth-order valence-corrected chi connectivity index (χ4v) is 5.47. The molecule has 3 heteroatoms. The van der Waals surface area contributed by atoms with E-state index < -0.39 is 0 Å². The van der Waals surface area contributed by atoms with Gasteiger partial charge in [0.2, 0.25) is 0 Å². The summed E-state index contributed by atoms with van der Waals surface area (Å²) in [6, 6.07) is 10.4. The Morgan fingerprint density at radius 2 is 1.81 bits per heavy atom. The summed E-state index contributed by atoms with van der Waals surface area (Å²) in [4.78, 5) is 0. The molecule has 0 amide bonds. The van der Waals surface area contributed by atoms with Crippen molar-refractivity contribution in [1.82, 2.24) is 0 Å². The SMILES string of the molecule is CC1=C(C)C(=C([O-])O[C@@H]2C[C@H](C)CC[C@H]2C(C)C)P=C1c1ccccc1. The molecule has 0 unspecified atom stereocenters. The van der Waals surface area contributed by atoms with Gasteiger partial charge in [-0.15, -0.1) is 0 Å². The van der Waals surface area contributed by atoms with Gasteiger partial charge in [-0.25, -0.2) is 0 Å². The van der Waals surface area contributed by atoms with E-state index in [-0.39, 0.29) is 12.0 Å². The van der Waals surface area contributed by atoms with Crippen molar-refractivity contribution in [2.45, 2.75) is 60.0 Å². The van der Waals surface area contributed by atoms with Crippen molar-refractivity contribution in [2.75, 3.05) is 0 Å². The van der Waals surface area contributed by atoms with E-state index in [4.69, 9.17) is 4.74 Å². The third-order valence-electron chi connectivity index (χ3n) is 5.96. The van der Waals surface area contributed by atoms with E-state index in [9.17, 15) is 5.11 Å². The highest BCUT2D eigenvalue weighted by atomic mass is 31.1. The third-order valence-corrected chi connectivity index (χ3v) is 7.52. The second-order valence-electron chi connectivity index (χ2n) is 8.19. The molecule has 0 bridgehead atoms. The molecule has 1 aromatic carbocycles. The minimum absolute atomic E-state index is 0.0582. The molecule has 1 aromatic rings. The van der Waals surface area contributed by atoms with Crippen LogP contribution in [0.4, 0.5) is 0 Å². The van der Waals surface area contributed by atoms with Crippen LogP contribution in [0.2, 0.25) is 0 Å². The lowest BCUT2D eigenvalue weighted by Crippen LogP contribution is -2.35. The Labute approximate surface area is 159 Å². The Bertz CT molecular complexity index is 743. The van der Waals surface area contributed by atoms with Crippen molar-refractivity contribution in [3.05, 3.63) is 58.3 Å². The molecule has 0 radical (unpaired) electrons. The van der Waals surface area contributed by atoms with Crippen molar-refractivity contribution in [1.29, 1.82) is 0 Å². The molecule has 1 fully saturated rings. The molecule has 1 heterocycles. The van der Waals surface area contributed by atoms with E-state index in [0.29, 0.717) is 17.8 Å². The van der Waals surface area contributed by atoms with Crippen LogP contribution in [0.25, 0.3) is 0 Å². The van der Waals surface area contributed by atoms with E-state index in [2.05, 4.69) is 46.8 Å². The Hall–Kier alpha value is -1.53. The van der Waals surface area contributed by atoms with Crippen molar-refractivity contribution in [2.24, 2.45) is 17.8 Å². The van der Waals surface area contributed by atoms with Gasteiger partial charge in [0.05, 0.1) is 5.95 Å².